The first kappa shape index (κ1) is 21.0. The van der Waals surface area contributed by atoms with Gasteiger partial charge in [0.25, 0.3) is 0 Å². The molecule has 2 aromatic carbocycles. The summed E-state index contributed by atoms with van der Waals surface area (Å²) in [4.78, 5) is 37.7. The predicted octanol–water partition coefficient (Wildman–Crippen LogP) is 2.36. The highest BCUT2D eigenvalue weighted by atomic mass is 16.5. The molecule has 0 spiro atoms. The van der Waals surface area contributed by atoms with Crippen molar-refractivity contribution in [2.75, 3.05) is 26.0 Å². The number of amides is 3. The second-order valence-electron chi connectivity index (χ2n) is 6.40. The Morgan fingerprint density at radius 2 is 1.79 bits per heavy atom. The van der Waals surface area contributed by atoms with Crippen LogP contribution in [0.3, 0.4) is 0 Å². The molecular weight excluding hydrogens is 358 g/mol. The van der Waals surface area contributed by atoms with Crippen molar-refractivity contribution in [3.63, 3.8) is 0 Å². The van der Waals surface area contributed by atoms with E-state index in [9.17, 15) is 14.4 Å². The Morgan fingerprint density at radius 1 is 1.07 bits per heavy atom. The van der Waals surface area contributed by atoms with Gasteiger partial charge in [-0.25, -0.2) is 0 Å². The standard InChI is InChI=1S/C21H25N3O4/c1-15(25)22-19(16-8-5-4-6-9-16)13-21(27)24(2)14-20(26)23-17-10-7-11-18(12-17)28-3/h4-12,19H,13-14H2,1-3H3,(H,22,25)(H,23,26)/t19-/m0/s1. The van der Waals surface area contributed by atoms with Crippen LogP contribution >= 0.6 is 0 Å². The zero-order valence-corrected chi connectivity index (χ0v) is 16.3. The van der Waals surface area contributed by atoms with Crippen molar-refractivity contribution in [3.05, 3.63) is 60.2 Å². The molecule has 7 nitrogen and oxygen atoms in total. The smallest absolute Gasteiger partial charge is 0.243 e. The van der Waals surface area contributed by atoms with E-state index in [1.807, 2.05) is 30.3 Å². The average Bonchev–Trinajstić information content (AvgIpc) is 2.67. The van der Waals surface area contributed by atoms with Crippen LogP contribution in [0.25, 0.3) is 0 Å². The number of hydrogen-bond acceptors (Lipinski definition) is 4. The van der Waals surface area contributed by atoms with E-state index >= 15 is 0 Å². The van der Waals surface area contributed by atoms with Crippen LogP contribution in [0.1, 0.15) is 24.9 Å². The van der Waals surface area contributed by atoms with Gasteiger partial charge in [-0.2, -0.15) is 0 Å². The first-order chi connectivity index (χ1) is 13.4. The normalized spacial score (nSPS) is 11.2. The molecule has 0 fully saturated rings. The van der Waals surface area contributed by atoms with Crippen molar-refractivity contribution in [2.45, 2.75) is 19.4 Å². The Kier molecular flexibility index (Phi) is 7.56. The van der Waals surface area contributed by atoms with Gasteiger partial charge in [0, 0.05) is 25.7 Å². The SMILES string of the molecule is COc1cccc(NC(=O)CN(C)C(=O)C[C@H](NC(C)=O)c2ccccc2)c1. The minimum absolute atomic E-state index is 0.0620. The van der Waals surface area contributed by atoms with E-state index in [-0.39, 0.29) is 30.7 Å². The molecule has 0 bridgehead atoms. The van der Waals surface area contributed by atoms with Gasteiger partial charge in [0.05, 0.1) is 26.1 Å². The number of carbonyl (C=O) groups is 3. The van der Waals surface area contributed by atoms with Crippen LogP contribution in [0.2, 0.25) is 0 Å². The molecule has 2 rings (SSSR count). The minimum Gasteiger partial charge on any atom is -0.497 e. The summed E-state index contributed by atoms with van der Waals surface area (Å²) in [6.45, 7) is 1.31. The van der Waals surface area contributed by atoms with E-state index in [1.165, 1.54) is 11.8 Å². The highest BCUT2D eigenvalue weighted by Crippen LogP contribution is 2.18. The second kappa shape index (κ2) is 10.1. The number of nitrogens with zero attached hydrogens (tertiary/aromatic N) is 1. The second-order valence-corrected chi connectivity index (χ2v) is 6.40. The van der Waals surface area contributed by atoms with E-state index in [4.69, 9.17) is 4.74 Å². The van der Waals surface area contributed by atoms with Gasteiger partial charge < -0.3 is 20.3 Å². The molecule has 2 aromatic rings. The van der Waals surface area contributed by atoms with E-state index in [0.717, 1.165) is 5.56 Å². The molecule has 0 radical (unpaired) electrons. The lowest BCUT2D eigenvalue weighted by atomic mass is 10.0. The molecule has 0 aliphatic heterocycles. The summed E-state index contributed by atoms with van der Waals surface area (Å²) in [5.74, 6) is -0.161. The number of hydrogen-bond donors (Lipinski definition) is 2. The third-order valence-electron chi connectivity index (χ3n) is 4.12. The molecule has 0 saturated heterocycles. The molecule has 0 aliphatic carbocycles. The molecule has 0 saturated carbocycles. The molecular formula is C21H25N3O4. The van der Waals surface area contributed by atoms with Crippen molar-refractivity contribution in [2.24, 2.45) is 0 Å². The number of methoxy groups -OCH3 is 1. The average molecular weight is 383 g/mol. The largest absolute Gasteiger partial charge is 0.497 e. The molecule has 7 heteroatoms. The van der Waals surface area contributed by atoms with Crippen LogP contribution in [0.4, 0.5) is 5.69 Å². The molecule has 2 N–H and O–H groups in total. The van der Waals surface area contributed by atoms with Crippen molar-refractivity contribution in [1.29, 1.82) is 0 Å². The molecule has 28 heavy (non-hydrogen) atoms. The fourth-order valence-electron chi connectivity index (χ4n) is 2.72. The summed E-state index contributed by atoms with van der Waals surface area (Å²) < 4.78 is 5.12. The number of rotatable bonds is 8. The molecule has 0 heterocycles. The number of anilines is 1. The Balaban J connectivity index is 1.96. The number of ether oxygens (including phenoxy) is 1. The third kappa shape index (κ3) is 6.42. The fraction of sp³-hybridized carbons (Fsp3) is 0.286. The highest BCUT2D eigenvalue weighted by molar-refractivity contribution is 5.94. The molecule has 0 unspecified atom stereocenters. The first-order valence-electron chi connectivity index (χ1n) is 8.89. The van der Waals surface area contributed by atoms with Crippen LogP contribution in [0, 0.1) is 0 Å². The van der Waals surface area contributed by atoms with Crippen LogP contribution < -0.4 is 15.4 Å². The maximum absolute atomic E-state index is 12.6. The van der Waals surface area contributed by atoms with Crippen LogP contribution in [-0.2, 0) is 14.4 Å². The van der Waals surface area contributed by atoms with E-state index in [1.54, 1.807) is 38.4 Å². The molecule has 0 aromatic heterocycles. The lowest BCUT2D eigenvalue weighted by Gasteiger charge is -2.22. The Labute approximate surface area is 164 Å². The number of carbonyl (C=O) groups excluding carboxylic acids is 3. The minimum atomic E-state index is -0.449. The summed E-state index contributed by atoms with van der Waals surface area (Å²) in [6.07, 6.45) is 0.0620. The van der Waals surface area contributed by atoms with E-state index in [0.29, 0.717) is 11.4 Å². The number of nitrogens with one attached hydrogen (secondary N) is 2. The van der Waals surface area contributed by atoms with E-state index in [2.05, 4.69) is 10.6 Å². The summed E-state index contributed by atoms with van der Waals surface area (Å²) in [5.41, 5.74) is 1.42. The van der Waals surface area contributed by atoms with Gasteiger partial charge in [-0.1, -0.05) is 36.4 Å². The van der Waals surface area contributed by atoms with Gasteiger partial charge in [0.15, 0.2) is 0 Å². The molecule has 0 aliphatic rings. The lowest BCUT2D eigenvalue weighted by molar-refractivity contribution is -0.134. The van der Waals surface area contributed by atoms with E-state index < -0.39 is 6.04 Å². The topological polar surface area (TPSA) is 87.7 Å². The Morgan fingerprint density at radius 3 is 2.43 bits per heavy atom. The zero-order valence-electron chi connectivity index (χ0n) is 16.3. The van der Waals surface area contributed by atoms with Crippen LogP contribution in [0.15, 0.2) is 54.6 Å². The van der Waals surface area contributed by atoms with Gasteiger partial charge in [-0.05, 0) is 17.7 Å². The van der Waals surface area contributed by atoms with Crippen molar-refractivity contribution >= 4 is 23.4 Å². The molecule has 1 atom stereocenters. The molecule has 148 valence electrons. The summed E-state index contributed by atoms with van der Waals surface area (Å²) in [6, 6.07) is 15.8. The number of benzene rings is 2. The quantitative estimate of drug-likeness (QED) is 0.733. The number of likely N-dealkylation sites (N-methyl/N-ethyl adjacent to an activating group) is 1. The monoisotopic (exact) mass is 383 g/mol. The summed E-state index contributed by atoms with van der Waals surface area (Å²) in [5, 5.41) is 5.52. The maximum Gasteiger partial charge on any atom is 0.243 e. The highest BCUT2D eigenvalue weighted by Gasteiger charge is 2.20. The summed E-state index contributed by atoms with van der Waals surface area (Å²) in [7, 11) is 3.11. The van der Waals surface area contributed by atoms with Gasteiger partial charge >= 0.3 is 0 Å². The Hall–Kier alpha value is -3.35. The fourth-order valence-corrected chi connectivity index (χ4v) is 2.72. The Bertz CT molecular complexity index is 823. The van der Waals surface area contributed by atoms with Crippen molar-refractivity contribution in [1.82, 2.24) is 10.2 Å². The first-order valence-corrected chi connectivity index (χ1v) is 8.89. The van der Waals surface area contributed by atoms with Crippen molar-refractivity contribution < 1.29 is 19.1 Å². The predicted molar refractivity (Wildman–Crippen MR) is 107 cm³/mol. The van der Waals surface area contributed by atoms with Crippen molar-refractivity contribution in [3.8, 4) is 5.75 Å². The van der Waals surface area contributed by atoms with Gasteiger partial charge in [-0.3, -0.25) is 14.4 Å². The third-order valence-corrected chi connectivity index (χ3v) is 4.12. The summed E-state index contributed by atoms with van der Waals surface area (Å²) >= 11 is 0. The zero-order chi connectivity index (χ0) is 20.5. The van der Waals surface area contributed by atoms with Crippen LogP contribution in [0.5, 0.6) is 5.75 Å². The van der Waals surface area contributed by atoms with Gasteiger partial charge in [0.1, 0.15) is 5.75 Å². The maximum atomic E-state index is 12.6. The lowest BCUT2D eigenvalue weighted by Crippen LogP contribution is -2.38. The van der Waals surface area contributed by atoms with Gasteiger partial charge in [0.2, 0.25) is 17.7 Å². The van der Waals surface area contributed by atoms with Crippen LogP contribution in [-0.4, -0.2) is 43.3 Å². The van der Waals surface area contributed by atoms with Gasteiger partial charge in [-0.15, -0.1) is 0 Å². The molecule has 3 amide bonds.